The number of pyridine rings is 2. The zero-order valence-electron chi connectivity index (χ0n) is 31.6. The second kappa shape index (κ2) is 20.1. The molecule has 0 atom stereocenters. The topological polar surface area (TPSA) is 197 Å². The zero-order valence-corrected chi connectivity index (χ0v) is 31.6. The number of para-hydroxylation sites is 2. The summed E-state index contributed by atoms with van der Waals surface area (Å²) in [6.07, 6.45) is -0.893. The molecule has 62 heavy (non-hydrogen) atoms. The Kier molecular flexibility index (Phi) is 14.7. The lowest BCUT2D eigenvalue weighted by atomic mass is 10.1. The monoisotopic (exact) mass is 869 g/mol. The van der Waals surface area contributed by atoms with Gasteiger partial charge in [0.2, 0.25) is 0 Å². The minimum atomic E-state index is -1.28. The first-order valence-corrected chi connectivity index (χ1v) is 17.7. The van der Waals surface area contributed by atoms with Crippen molar-refractivity contribution in [3.05, 3.63) is 155 Å². The number of ether oxygens (including phenoxy) is 1. The zero-order chi connectivity index (χ0) is 45.2. The summed E-state index contributed by atoms with van der Waals surface area (Å²) < 4.78 is 118. The molecule has 0 aliphatic heterocycles. The van der Waals surface area contributed by atoms with Crippen LogP contribution in [0.25, 0.3) is 22.5 Å². The molecule has 7 N–H and O–H groups in total. The van der Waals surface area contributed by atoms with Crippen molar-refractivity contribution in [1.82, 2.24) is 15.3 Å². The molecule has 5 amide bonds. The summed E-state index contributed by atoms with van der Waals surface area (Å²) in [4.78, 5) is 44.9. The van der Waals surface area contributed by atoms with Crippen molar-refractivity contribution in [3.63, 3.8) is 0 Å². The fourth-order valence-corrected chi connectivity index (χ4v) is 5.71. The first-order valence-electron chi connectivity index (χ1n) is 17.7. The van der Waals surface area contributed by atoms with Crippen LogP contribution >= 0.6 is 0 Å². The molecule has 0 saturated carbocycles. The van der Waals surface area contributed by atoms with Gasteiger partial charge in [-0.1, -0.05) is 18.2 Å². The van der Waals surface area contributed by atoms with E-state index in [9.17, 15) is 54.6 Å². The lowest BCUT2D eigenvalue weighted by Crippen LogP contribution is -2.33. The third kappa shape index (κ3) is 10.4. The number of carbonyl (C=O) groups excluding carboxylic acids is 3. The quantitative estimate of drug-likeness (QED) is 0.0815. The number of benzene rings is 4. The third-order valence-corrected chi connectivity index (χ3v) is 8.43. The first-order chi connectivity index (χ1) is 29.6. The van der Waals surface area contributed by atoms with E-state index in [1.54, 1.807) is 0 Å². The van der Waals surface area contributed by atoms with E-state index in [1.807, 2.05) is 0 Å². The summed E-state index contributed by atoms with van der Waals surface area (Å²) in [5.74, 6) is -8.73. The highest BCUT2D eigenvalue weighted by Crippen LogP contribution is 2.35. The minimum Gasteiger partial charge on any atom is -0.445 e. The van der Waals surface area contributed by atoms with Crippen molar-refractivity contribution in [2.24, 2.45) is 11.5 Å². The number of aromatic nitrogens is 2. The molecule has 4 aromatic carbocycles. The van der Waals surface area contributed by atoms with Gasteiger partial charge in [-0.3, -0.25) is 0 Å². The number of anilines is 4. The average molecular weight is 870 g/mol. The van der Waals surface area contributed by atoms with Crippen LogP contribution in [0.15, 0.2) is 97.1 Å². The maximum absolute atomic E-state index is 14.6. The summed E-state index contributed by atoms with van der Waals surface area (Å²) in [5, 5.41) is 20.5. The van der Waals surface area contributed by atoms with Gasteiger partial charge in [0.1, 0.15) is 76.2 Å². The standard InChI is InChI=1S/C22H18F4N4O4.C19H13F4N3O2/c23-13-5-6-14(17(26)10-13)19-12(11-34-22(33)28-8-9-31)4-7-18(29-19)30(21(27)32)20-15(24)2-1-3-16(20)25;20-11-5-6-12(15(23)8-11)17-10(9-27)4-7-16(25-17)26(19(24)28)18-13(21)2-1-3-14(18)22/h1-7,10,31H,8-9,11H2,(H2,27,32)(H,28,33);1-8,27H,9H2,(H2,24,28). The normalized spacial score (nSPS) is 10.7. The summed E-state index contributed by atoms with van der Waals surface area (Å²) in [5.41, 5.74) is 8.58. The highest BCUT2D eigenvalue weighted by atomic mass is 19.2. The summed E-state index contributed by atoms with van der Waals surface area (Å²) in [6, 6.07) is 13.5. The fraction of sp³-hybridized carbons (Fsp3) is 0.0976. The molecular weight excluding hydrogens is 838 g/mol. The number of rotatable bonds is 11. The van der Waals surface area contributed by atoms with Crippen LogP contribution < -0.4 is 26.6 Å². The first kappa shape index (κ1) is 45.4. The number of carbonyl (C=O) groups is 3. The molecule has 21 heteroatoms. The lowest BCUT2D eigenvalue weighted by molar-refractivity contribution is 0.137. The van der Waals surface area contributed by atoms with E-state index in [2.05, 4.69) is 15.3 Å². The van der Waals surface area contributed by atoms with Crippen LogP contribution in [0.4, 0.5) is 72.5 Å². The Balaban J connectivity index is 0.000000238. The predicted molar refractivity (Wildman–Crippen MR) is 207 cm³/mol. The molecule has 13 nitrogen and oxygen atoms in total. The van der Waals surface area contributed by atoms with Gasteiger partial charge in [0, 0.05) is 40.9 Å². The number of alkyl carbamates (subject to hydrolysis) is 1. The van der Waals surface area contributed by atoms with Crippen molar-refractivity contribution >= 4 is 41.2 Å². The van der Waals surface area contributed by atoms with Crippen LogP contribution in [0.2, 0.25) is 0 Å². The molecule has 6 rings (SSSR count). The van der Waals surface area contributed by atoms with Crippen LogP contribution in [0.3, 0.4) is 0 Å². The molecule has 0 radical (unpaired) electrons. The van der Waals surface area contributed by atoms with Gasteiger partial charge in [-0.15, -0.1) is 0 Å². The average Bonchev–Trinajstić information content (AvgIpc) is 3.22. The lowest BCUT2D eigenvalue weighted by Gasteiger charge is -2.22. The SMILES string of the molecule is NC(=O)N(c1ccc(CO)c(-c2ccc(F)cc2F)n1)c1c(F)cccc1F.NC(=O)N(c1ccc(COC(=O)NCCO)c(-c2ccc(F)cc2F)n1)c1c(F)cccc1F. The highest BCUT2D eigenvalue weighted by Gasteiger charge is 2.27. The van der Waals surface area contributed by atoms with Gasteiger partial charge in [0.05, 0.1) is 24.6 Å². The van der Waals surface area contributed by atoms with E-state index in [0.717, 1.165) is 66.7 Å². The van der Waals surface area contributed by atoms with Gasteiger partial charge < -0.3 is 31.7 Å². The molecule has 0 saturated heterocycles. The van der Waals surface area contributed by atoms with E-state index in [0.29, 0.717) is 21.9 Å². The number of aliphatic hydroxyl groups is 2. The Morgan fingerprint density at radius 1 is 0.581 bits per heavy atom. The molecule has 0 fully saturated rings. The fourth-order valence-electron chi connectivity index (χ4n) is 5.71. The summed E-state index contributed by atoms with van der Waals surface area (Å²) >= 11 is 0. The molecular formula is C41H31F8N7O6. The molecule has 0 unspecified atom stereocenters. The second-order valence-corrected chi connectivity index (χ2v) is 12.5. The van der Waals surface area contributed by atoms with Crippen molar-refractivity contribution in [2.75, 3.05) is 23.0 Å². The molecule has 6 aromatic rings. The van der Waals surface area contributed by atoms with Gasteiger partial charge in [-0.25, -0.2) is 69.3 Å². The number of nitrogens with two attached hydrogens (primary N) is 2. The largest absolute Gasteiger partial charge is 0.445 e. The van der Waals surface area contributed by atoms with Gasteiger partial charge in [-0.05, 0) is 66.7 Å². The number of nitrogens with one attached hydrogen (secondary N) is 1. The number of aliphatic hydroxyl groups excluding tert-OH is 2. The van der Waals surface area contributed by atoms with E-state index >= 15 is 0 Å². The smallest absolute Gasteiger partial charge is 0.407 e. The Morgan fingerprint density at radius 3 is 1.39 bits per heavy atom. The number of urea groups is 2. The molecule has 0 spiro atoms. The van der Waals surface area contributed by atoms with Gasteiger partial charge in [0.25, 0.3) is 0 Å². The maximum Gasteiger partial charge on any atom is 0.407 e. The predicted octanol–water partition coefficient (Wildman–Crippen LogP) is 7.75. The Bertz CT molecular complexity index is 2600. The number of amides is 5. The van der Waals surface area contributed by atoms with E-state index in [4.69, 9.17) is 21.3 Å². The molecule has 0 bridgehead atoms. The number of primary amides is 2. The van der Waals surface area contributed by atoms with Crippen LogP contribution in [0.5, 0.6) is 0 Å². The number of halogens is 8. The molecule has 2 heterocycles. The third-order valence-electron chi connectivity index (χ3n) is 8.43. The van der Waals surface area contributed by atoms with Crippen molar-refractivity contribution < 1.29 is 64.5 Å². The van der Waals surface area contributed by atoms with Crippen LogP contribution in [0, 0.1) is 46.5 Å². The summed E-state index contributed by atoms with van der Waals surface area (Å²) in [6.45, 7) is -1.39. The Morgan fingerprint density at radius 2 is 1.00 bits per heavy atom. The minimum absolute atomic E-state index is 0.0722. The molecule has 0 aliphatic carbocycles. The van der Waals surface area contributed by atoms with E-state index in [-0.39, 0.29) is 58.4 Å². The molecule has 322 valence electrons. The van der Waals surface area contributed by atoms with E-state index in [1.165, 1.54) is 18.2 Å². The van der Waals surface area contributed by atoms with Crippen molar-refractivity contribution in [3.8, 4) is 22.5 Å². The van der Waals surface area contributed by atoms with E-state index < -0.39 is 89.3 Å². The number of nitrogens with zero attached hydrogens (tertiary/aromatic N) is 4. The Hall–Kier alpha value is -7.65. The van der Waals surface area contributed by atoms with Crippen molar-refractivity contribution in [2.45, 2.75) is 13.2 Å². The molecule has 0 aliphatic rings. The van der Waals surface area contributed by atoms with Crippen LogP contribution in [-0.2, 0) is 18.0 Å². The van der Waals surface area contributed by atoms with Gasteiger partial charge >= 0.3 is 18.2 Å². The van der Waals surface area contributed by atoms with Crippen molar-refractivity contribution in [1.29, 1.82) is 0 Å². The second-order valence-electron chi connectivity index (χ2n) is 12.5. The number of hydrogen-bond acceptors (Lipinski definition) is 8. The highest BCUT2D eigenvalue weighted by molar-refractivity contribution is 5.99. The number of hydrogen-bond donors (Lipinski definition) is 5. The Labute approximate surface area is 345 Å². The molecule has 2 aromatic heterocycles. The maximum atomic E-state index is 14.6. The van der Waals surface area contributed by atoms with Gasteiger partial charge in [-0.2, -0.15) is 0 Å². The summed E-state index contributed by atoms with van der Waals surface area (Å²) in [7, 11) is 0. The van der Waals surface area contributed by atoms with Crippen LogP contribution in [0.1, 0.15) is 11.1 Å². The van der Waals surface area contributed by atoms with Crippen LogP contribution in [-0.4, -0.2) is 51.5 Å². The van der Waals surface area contributed by atoms with Gasteiger partial charge in [0.15, 0.2) is 0 Å².